The summed E-state index contributed by atoms with van der Waals surface area (Å²) in [6, 6.07) is 22.8. The maximum atomic E-state index is 5.92. The van der Waals surface area contributed by atoms with Crippen LogP contribution in [-0.4, -0.2) is 7.11 Å². The number of furan rings is 2. The van der Waals surface area contributed by atoms with Gasteiger partial charge in [-0.15, -0.1) is 0 Å². The number of rotatable bonds is 5. The quantitative estimate of drug-likeness (QED) is 0.362. The van der Waals surface area contributed by atoms with Gasteiger partial charge in [0.15, 0.2) is 0 Å². The highest BCUT2D eigenvalue weighted by atomic mass is 31.1. The lowest BCUT2D eigenvalue weighted by Gasteiger charge is -2.23. The Morgan fingerprint density at radius 1 is 0.759 bits per heavy atom. The van der Waals surface area contributed by atoms with E-state index in [4.69, 9.17) is 13.6 Å². The zero-order valence-electron chi connectivity index (χ0n) is 16.0. The Morgan fingerprint density at radius 2 is 1.31 bits per heavy atom. The van der Waals surface area contributed by atoms with Crippen LogP contribution in [0.1, 0.15) is 5.56 Å². The standard InChI is InChI=1S/C25H19O3P/c1-3-17-7-4-10-20(23(17)26-2)29(21-11-5-8-18-13-15-27-24(18)21)22-12-6-9-19-14-16-28-25(19)22/h3-16H,1H2,2H3. The van der Waals surface area contributed by atoms with Crippen molar-refractivity contribution in [3.8, 4) is 5.75 Å². The minimum absolute atomic E-state index is 0.834. The average Bonchev–Trinajstić information content (AvgIpc) is 3.43. The monoisotopic (exact) mass is 398 g/mol. The third-order valence-corrected chi connectivity index (χ3v) is 7.59. The van der Waals surface area contributed by atoms with Crippen molar-refractivity contribution in [3.05, 3.63) is 91.4 Å². The van der Waals surface area contributed by atoms with Crippen molar-refractivity contribution < 1.29 is 13.6 Å². The summed E-state index contributed by atoms with van der Waals surface area (Å²) in [7, 11) is 0.706. The number of hydrogen-bond acceptors (Lipinski definition) is 3. The first-order valence-electron chi connectivity index (χ1n) is 9.34. The third kappa shape index (κ3) is 2.86. The second-order valence-electron chi connectivity index (χ2n) is 6.67. The molecule has 5 rings (SSSR count). The van der Waals surface area contributed by atoms with Gasteiger partial charge in [-0.3, -0.25) is 0 Å². The predicted octanol–water partition coefficient (Wildman–Crippen LogP) is 5.59. The maximum absolute atomic E-state index is 5.92. The summed E-state index contributed by atoms with van der Waals surface area (Å²) in [6.07, 6.45) is 5.32. The van der Waals surface area contributed by atoms with E-state index in [1.807, 2.05) is 24.3 Å². The zero-order chi connectivity index (χ0) is 19.8. The number of methoxy groups -OCH3 is 1. The van der Waals surface area contributed by atoms with Gasteiger partial charge in [-0.2, -0.15) is 0 Å². The van der Waals surface area contributed by atoms with Gasteiger partial charge in [0.1, 0.15) is 16.9 Å². The minimum Gasteiger partial charge on any atom is -0.495 e. The fourth-order valence-electron chi connectivity index (χ4n) is 3.80. The predicted molar refractivity (Wildman–Crippen MR) is 121 cm³/mol. The molecule has 0 fully saturated rings. The first-order chi connectivity index (χ1) is 14.3. The summed E-state index contributed by atoms with van der Waals surface area (Å²) in [5.41, 5.74) is 2.76. The summed E-state index contributed by atoms with van der Waals surface area (Å²) in [5.74, 6) is 0.834. The molecule has 0 atom stereocenters. The van der Waals surface area contributed by atoms with E-state index in [9.17, 15) is 0 Å². The molecule has 0 amide bonds. The molecular weight excluding hydrogens is 379 g/mol. The van der Waals surface area contributed by atoms with Crippen LogP contribution in [0.3, 0.4) is 0 Å². The Kier molecular flexibility index (Phi) is 4.46. The third-order valence-electron chi connectivity index (χ3n) is 5.09. The number of fused-ring (bicyclic) bond motifs is 2. The summed E-state index contributed by atoms with van der Waals surface area (Å²) >= 11 is 0. The van der Waals surface area contributed by atoms with Crippen molar-refractivity contribution in [3.63, 3.8) is 0 Å². The van der Waals surface area contributed by atoms with E-state index in [0.29, 0.717) is 0 Å². The highest BCUT2D eigenvalue weighted by Crippen LogP contribution is 2.42. The molecule has 2 heterocycles. The molecule has 0 aliphatic carbocycles. The van der Waals surface area contributed by atoms with Crippen LogP contribution in [0.4, 0.5) is 0 Å². The molecule has 0 aliphatic heterocycles. The van der Waals surface area contributed by atoms with Crippen LogP contribution in [0.25, 0.3) is 28.0 Å². The van der Waals surface area contributed by atoms with Crippen LogP contribution >= 0.6 is 7.92 Å². The highest BCUT2D eigenvalue weighted by molar-refractivity contribution is 7.80. The Hall–Kier alpha value is -3.29. The van der Waals surface area contributed by atoms with Gasteiger partial charge < -0.3 is 13.6 Å². The lowest BCUT2D eigenvalue weighted by Crippen LogP contribution is -2.23. The summed E-state index contributed by atoms with van der Waals surface area (Å²) in [6.45, 7) is 3.96. The van der Waals surface area contributed by atoms with Gasteiger partial charge in [0.2, 0.25) is 0 Å². The second kappa shape index (κ2) is 7.27. The molecular formula is C25H19O3P. The van der Waals surface area contributed by atoms with Crippen LogP contribution in [-0.2, 0) is 0 Å². The van der Waals surface area contributed by atoms with Crippen molar-refractivity contribution >= 4 is 51.8 Å². The van der Waals surface area contributed by atoms with Crippen LogP contribution in [0, 0.1) is 0 Å². The molecule has 0 spiro atoms. The van der Waals surface area contributed by atoms with E-state index in [-0.39, 0.29) is 0 Å². The molecule has 3 nitrogen and oxygen atoms in total. The van der Waals surface area contributed by atoms with Crippen molar-refractivity contribution in [1.82, 2.24) is 0 Å². The van der Waals surface area contributed by atoms with Gasteiger partial charge in [-0.1, -0.05) is 67.3 Å². The van der Waals surface area contributed by atoms with Gasteiger partial charge in [0, 0.05) is 32.2 Å². The van der Waals surface area contributed by atoms with E-state index < -0.39 is 7.92 Å². The van der Waals surface area contributed by atoms with E-state index in [0.717, 1.165) is 49.2 Å². The molecule has 142 valence electrons. The largest absolute Gasteiger partial charge is 0.495 e. The van der Waals surface area contributed by atoms with Gasteiger partial charge in [0.25, 0.3) is 0 Å². The van der Waals surface area contributed by atoms with Crippen LogP contribution in [0.2, 0.25) is 0 Å². The first kappa shape index (κ1) is 17.8. The molecule has 0 unspecified atom stereocenters. The zero-order valence-corrected chi connectivity index (χ0v) is 16.9. The molecule has 4 heteroatoms. The Balaban J connectivity index is 1.88. The summed E-state index contributed by atoms with van der Waals surface area (Å²) in [5, 5.41) is 5.53. The summed E-state index contributed by atoms with van der Waals surface area (Å²) in [4.78, 5) is 0. The molecule has 0 saturated carbocycles. The van der Waals surface area contributed by atoms with Gasteiger partial charge in [0.05, 0.1) is 19.6 Å². The van der Waals surface area contributed by atoms with Crippen LogP contribution in [0.15, 0.2) is 94.7 Å². The molecule has 0 saturated heterocycles. The van der Waals surface area contributed by atoms with Gasteiger partial charge >= 0.3 is 0 Å². The van der Waals surface area contributed by atoms with Crippen molar-refractivity contribution in [1.29, 1.82) is 0 Å². The highest BCUT2D eigenvalue weighted by Gasteiger charge is 2.27. The van der Waals surface area contributed by atoms with E-state index in [2.05, 4.69) is 55.1 Å². The lowest BCUT2D eigenvalue weighted by atomic mass is 10.2. The van der Waals surface area contributed by atoms with E-state index >= 15 is 0 Å². The second-order valence-corrected chi connectivity index (χ2v) is 8.79. The van der Waals surface area contributed by atoms with Crippen molar-refractivity contribution in [2.45, 2.75) is 0 Å². The molecule has 5 aromatic rings. The van der Waals surface area contributed by atoms with E-state index in [1.54, 1.807) is 19.6 Å². The Labute approximate surface area is 170 Å². The Bertz CT molecular complexity index is 1250. The lowest BCUT2D eigenvalue weighted by molar-refractivity contribution is 0.417. The van der Waals surface area contributed by atoms with Gasteiger partial charge in [-0.05, 0) is 20.1 Å². The van der Waals surface area contributed by atoms with E-state index in [1.165, 1.54) is 0 Å². The molecule has 3 aromatic carbocycles. The minimum atomic E-state index is -1.00. The maximum Gasteiger partial charge on any atom is 0.142 e. The molecule has 0 N–H and O–H groups in total. The number of hydrogen-bond donors (Lipinski definition) is 0. The number of ether oxygens (including phenoxy) is 1. The smallest absolute Gasteiger partial charge is 0.142 e. The molecule has 0 aliphatic rings. The van der Waals surface area contributed by atoms with Gasteiger partial charge in [-0.25, -0.2) is 0 Å². The average molecular weight is 398 g/mol. The topological polar surface area (TPSA) is 35.5 Å². The molecule has 2 aromatic heterocycles. The SMILES string of the molecule is C=Cc1cccc(P(c2cccc3ccoc23)c2cccc3ccoc23)c1OC. The number of para-hydroxylation sites is 3. The molecule has 29 heavy (non-hydrogen) atoms. The fraction of sp³-hybridized carbons (Fsp3) is 0.0400. The fourth-order valence-corrected chi connectivity index (χ4v) is 6.47. The normalized spacial score (nSPS) is 11.4. The molecule has 0 bridgehead atoms. The van der Waals surface area contributed by atoms with Crippen molar-refractivity contribution in [2.24, 2.45) is 0 Å². The number of benzene rings is 3. The first-order valence-corrected chi connectivity index (χ1v) is 10.7. The van der Waals surface area contributed by atoms with Crippen LogP contribution in [0.5, 0.6) is 5.75 Å². The van der Waals surface area contributed by atoms with Crippen LogP contribution < -0.4 is 20.7 Å². The Morgan fingerprint density at radius 3 is 1.86 bits per heavy atom. The van der Waals surface area contributed by atoms with Crippen molar-refractivity contribution in [2.75, 3.05) is 7.11 Å². The summed E-state index contributed by atoms with van der Waals surface area (Å²) < 4.78 is 17.7. The molecule has 0 radical (unpaired) electrons.